The molecule has 2 N–H and O–H groups in total. The minimum absolute atomic E-state index is 0.0783. The third-order valence-electron chi connectivity index (χ3n) is 4.35. The van der Waals surface area contributed by atoms with E-state index in [0.717, 1.165) is 11.1 Å². The molecule has 1 aromatic carbocycles. The van der Waals surface area contributed by atoms with Crippen molar-refractivity contribution in [3.63, 3.8) is 0 Å². The maximum Gasteiger partial charge on any atom is 0.393 e. The van der Waals surface area contributed by atoms with Gasteiger partial charge in [-0.05, 0) is 56.5 Å². The van der Waals surface area contributed by atoms with E-state index in [0.29, 0.717) is 18.7 Å². The molecule has 1 aliphatic heterocycles. The van der Waals surface area contributed by atoms with Crippen LogP contribution in [0, 0.1) is 19.8 Å². The van der Waals surface area contributed by atoms with Crippen LogP contribution in [0.15, 0.2) is 18.2 Å². The quantitative estimate of drug-likeness (QED) is 0.873. The van der Waals surface area contributed by atoms with E-state index in [1.165, 1.54) is 4.90 Å². The van der Waals surface area contributed by atoms with Gasteiger partial charge in [0.05, 0.1) is 12.5 Å². The second kappa shape index (κ2) is 7.86. The number of halogens is 3. The number of imide groups is 1. The lowest BCUT2D eigenvalue weighted by Crippen LogP contribution is -2.47. The van der Waals surface area contributed by atoms with Crippen molar-refractivity contribution in [1.29, 1.82) is 0 Å². The van der Waals surface area contributed by atoms with Gasteiger partial charge >= 0.3 is 12.2 Å². The number of alkyl halides is 3. The molecule has 1 aliphatic rings. The van der Waals surface area contributed by atoms with Crippen LogP contribution in [0.5, 0.6) is 0 Å². The molecule has 8 heteroatoms. The van der Waals surface area contributed by atoms with Gasteiger partial charge in [0.2, 0.25) is 5.91 Å². The Labute approximate surface area is 144 Å². The largest absolute Gasteiger partial charge is 0.393 e. The Balaban J connectivity index is 1.83. The molecule has 0 saturated carbocycles. The van der Waals surface area contributed by atoms with Crippen LogP contribution in [0.25, 0.3) is 0 Å². The number of likely N-dealkylation sites (tertiary alicyclic amines) is 1. The lowest BCUT2D eigenvalue weighted by Gasteiger charge is -2.33. The van der Waals surface area contributed by atoms with Crippen LogP contribution in [0.3, 0.4) is 0 Å². The number of hydrogen-bond acceptors (Lipinski definition) is 3. The third kappa shape index (κ3) is 5.74. The van der Waals surface area contributed by atoms with E-state index in [2.05, 4.69) is 10.6 Å². The highest BCUT2D eigenvalue weighted by molar-refractivity contribution is 6.01. The van der Waals surface area contributed by atoms with E-state index < -0.39 is 24.0 Å². The monoisotopic (exact) mass is 357 g/mol. The van der Waals surface area contributed by atoms with Crippen molar-refractivity contribution >= 4 is 17.6 Å². The standard InChI is InChI=1S/C17H22F3N3O2/c1-11-5-6-14(8-12(11)2)21-16(25)22-15(24)10-23-7-3-4-13(9-23)17(18,19)20/h5-6,8,13H,3-4,7,9-10H2,1-2H3,(H2,21,22,24,25)/t13-/m0/s1. The number of aryl methyl sites for hydroxylation is 2. The summed E-state index contributed by atoms with van der Waals surface area (Å²) in [4.78, 5) is 25.2. The molecule has 138 valence electrons. The van der Waals surface area contributed by atoms with E-state index >= 15 is 0 Å². The van der Waals surface area contributed by atoms with Crippen molar-refractivity contribution in [2.75, 3.05) is 25.0 Å². The number of anilines is 1. The zero-order chi connectivity index (χ0) is 18.6. The van der Waals surface area contributed by atoms with Gasteiger partial charge in [-0.15, -0.1) is 0 Å². The number of nitrogens with zero attached hydrogens (tertiary/aromatic N) is 1. The van der Waals surface area contributed by atoms with Gasteiger partial charge in [-0.1, -0.05) is 6.07 Å². The van der Waals surface area contributed by atoms with Crippen LogP contribution in [0.1, 0.15) is 24.0 Å². The number of amides is 3. The van der Waals surface area contributed by atoms with E-state index in [1.54, 1.807) is 12.1 Å². The van der Waals surface area contributed by atoms with E-state index in [9.17, 15) is 22.8 Å². The van der Waals surface area contributed by atoms with Gasteiger partial charge < -0.3 is 5.32 Å². The Morgan fingerprint density at radius 2 is 1.96 bits per heavy atom. The van der Waals surface area contributed by atoms with Crippen LogP contribution >= 0.6 is 0 Å². The number of carbonyl (C=O) groups is 2. The number of urea groups is 1. The Morgan fingerprint density at radius 3 is 2.60 bits per heavy atom. The average Bonchev–Trinajstić information content (AvgIpc) is 2.50. The number of rotatable bonds is 3. The van der Waals surface area contributed by atoms with Crippen LogP contribution in [0.2, 0.25) is 0 Å². The Bertz CT molecular complexity index is 647. The molecule has 0 unspecified atom stereocenters. The van der Waals surface area contributed by atoms with Crippen molar-refractivity contribution in [3.8, 4) is 0 Å². The molecule has 1 heterocycles. The fourth-order valence-corrected chi connectivity index (χ4v) is 2.82. The predicted molar refractivity (Wildman–Crippen MR) is 88.3 cm³/mol. The summed E-state index contributed by atoms with van der Waals surface area (Å²) in [6.45, 7) is 3.81. The van der Waals surface area contributed by atoms with Crippen molar-refractivity contribution in [1.82, 2.24) is 10.2 Å². The highest BCUT2D eigenvalue weighted by Gasteiger charge is 2.41. The molecular formula is C17H22F3N3O2. The SMILES string of the molecule is Cc1ccc(NC(=O)NC(=O)CN2CCC[C@H](C(F)(F)F)C2)cc1C. The normalized spacial score (nSPS) is 18.7. The van der Waals surface area contributed by atoms with Crippen molar-refractivity contribution in [3.05, 3.63) is 29.3 Å². The molecule has 25 heavy (non-hydrogen) atoms. The average molecular weight is 357 g/mol. The summed E-state index contributed by atoms with van der Waals surface area (Å²) < 4.78 is 38.3. The van der Waals surface area contributed by atoms with Crippen LogP contribution in [0.4, 0.5) is 23.7 Å². The van der Waals surface area contributed by atoms with Crippen molar-refractivity contribution < 1.29 is 22.8 Å². The van der Waals surface area contributed by atoms with Crippen molar-refractivity contribution in [2.45, 2.75) is 32.9 Å². The summed E-state index contributed by atoms with van der Waals surface area (Å²) in [5, 5.41) is 4.69. The summed E-state index contributed by atoms with van der Waals surface area (Å²) in [5.74, 6) is -2.04. The molecule has 0 bridgehead atoms. The molecule has 2 rings (SSSR count). The maximum absolute atomic E-state index is 12.8. The van der Waals surface area contributed by atoms with Gasteiger partial charge in [0.15, 0.2) is 0 Å². The first-order chi connectivity index (χ1) is 11.6. The fraction of sp³-hybridized carbons (Fsp3) is 0.529. The van der Waals surface area contributed by atoms with Gasteiger partial charge in [0.1, 0.15) is 0 Å². The molecule has 1 fully saturated rings. The zero-order valence-electron chi connectivity index (χ0n) is 14.2. The number of nitrogens with one attached hydrogen (secondary N) is 2. The maximum atomic E-state index is 12.8. The number of piperidine rings is 1. The number of carbonyl (C=O) groups excluding carboxylic acids is 2. The third-order valence-corrected chi connectivity index (χ3v) is 4.35. The molecule has 5 nitrogen and oxygen atoms in total. The highest BCUT2D eigenvalue weighted by Crippen LogP contribution is 2.32. The molecule has 1 saturated heterocycles. The van der Waals surface area contributed by atoms with E-state index in [1.807, 2.05) is 19.9 Å². The molecule has 1 atom stereocenters. The Kier molecular flexibility index (Phi) is 6.05. The van der Waals surface area contributed by atoms with E-state index in [-0.39, 0.29) is 19.5 Å². The van der Waals surface area contributed by atoms with Crippen LogP contribution in [-0.4, -0.2) is 42.6 Å². The fourth-order valence-electron chi connectivity index (χ4n) is 2.82. The summed E-state index contributed by atoms with van der Waals surface area (Å²) in [6.07, 6.45) is -3.79. The minimum atomic E-state index is -4.25. The predicted octanol–water partition coefficient (Wildman–Crippen LogP) is 3.23. The molecular weight excluding hydrogens is 335 g/mol. The van der Waals surface area contributed by atoms with Gasteiger partial charge in [0.25, 0.3) is 0 Å². The lowest BCUT2D eigenvalue weighted by atomic mass is 9.97. The molecule has 0 aliphatic carbocycles. The van der Waals surface area contributed by atoms with E-state index in [4.69, 9.17) is 0 Å². The minimum Gasteiger partial charge on any atom is -0.308 e. The van der Waals surface area contributed by atoms with Crippen LogP contribution < -0.4 is 10.6 Å². The summed E-state index contributed by atoms with van der Waals surface area (Å²) in [7, 11) is 0. The number of hydrogen-bond donors (Lipinski definition) is 2. The zero-order valence-corrected chi connectivity index (χ0v) is 14.2. The molecule has 0 radical (unpaired) electrons. The van der Waals surface area contributed by atoms with Crippen LogP contribution in [-0.2, 0) is 4.79 Å². The first-order valence-electron chi connectivity index (χ1n) is 8.12. The van der Waals surface area contributed by atoms with Crippen molar-refractivity contribution in [2.24, 2.45) is 5.92 Å². The second-order valence-corrected chi connectivity index (χ2v) is 6.42. The molecule has 0 spiro atoms. The first-order valence-corrected chi connectivity index (χ1v) is 8.12. The summed E-state index contributed by atoms with van der Waals surface area (Å²) >= 11 is 0. The molecule has 3 amide bonds. The summed E-state index contributed by atoms with van der Waals surface area (Å²) in [5.41, 5.74) is 2.62. The number of benzene rings is 1. The van der Waals surface area contributed by atoms with Gasteiger partial charge in [-0.3, -0.25) is 15.0 Å². The summed E-state index contributed by atoms with van der Waals surface area (Å²) in [6, 6.07) is 4.64. The molecule has 0 aromatic heterocycles. The Morgan fingerprint density at radius 1 is 1.24 bits per heavy atom. The van der Waals surface area contributed by atoms with Gasteiger partial charge in [-0.25, -0.2) is 4.79 Å². The topological polar surface area (TPSA) is 61.4 Å². The van der Waals surface area contributed by atoms with Gasteiger partial charge in [-0.2, -0.15) is 13.2 Å². The highest BCUT2D eigenvalue weighted by atomic mass is 19.4. The van der Waals surface area contributed by atoms with Gasteiger partial charge in [0, 0.05) is 12.2 Å². The Hall–Kier alpha value is -2.09. The molecule has 1 aromatic rings. The smallest absolute Gasteiger partial charge is 0.308 e. The first kappa shape index (κ1) is 19.2. The lowest BCUT2D eigenvalue weighted by molar-refractivity contribution is -0.187. The second-order valence-electron chi connectivity index (χ2n) is 6.42.